The Labute approximate surface area is 113 Å². The van der Waals surface area contributed by atoms with Crippen LogP contribution in [0.4, 0.5) is 5.69 Å². The Balaban J connectivity index is 1.81. The van der Waals surface area contributed by atoms with Gasteiger partial charge in [0.15, 0.2) is 0 Å². The topological polar surface area (TPSA) is 55.6 Å². The smallest absolute Gasteiger partial charge is 0.254 e. The highest BCUT2D eigenvalue weighted by molar-refractivity contribution is 5.96. The second-order valence-electron chi connectivity index (χ2n) is 5.63. The summed E-state index contributed by atoms with van der Waals surface area (Å²) in [6.07, 6.45) is 4.79. The number of carbonyl (C=O) groups excluding carboxylic acids is 1. The molecule has 0 spiro atoms. The van der Waals surface area contributed by atoms with Crippen LogP contribution in [-0.2, 0) is 0 Å². The maximum absolute atomic E-state index is 12.6. The van der Waals surface area contributed by atoms with Crippen molar-refractivity contribution in [2.24, 2.45) is 5.92 Å². The van der Waals surface area contributed by atoms with Gasteiger partial charge in [0.05, 0.1) is 7.11 Å². The predicted molar refractivity (Wildman–Crippen MR) is 74.2 cm³/mol. The molecule has 2 saturated carbocycles. The molecule has 1 aromatic carbocycles. The van der Waals surface area contributed by atoms with E-state index < -0.39 is 0 Å². The summed E-state index contributed by atoms with van der Waals surface area (Å²) in [5.74, 6) is 1.46. The van der Waals surface area contributed by atoms with E-state index in [-0.39, 0.29) is 5.91 Å². The van der Waals surface area contributed by atoms with Gasteiger partial charge in [0.2, 0.25) is 0 Å². The van der Waals surface area contributed by atoms with Gasteiger partial charge >= 0.3 is 0 Å². The number of benzene rings is 1. The van der Waals surface area contributed by atoms with Crippen molar-refractivity contribution in [3.8, 4) is 5.75 Å². The molecule has 0 atom stereocenters. The minimum atomic E-state index is 0.0972. The number of amides is 1. The molecule has 3 rings (SSSR count). The fourth-order valence-electron chi connectivity index (χ4n) is 2.39. The van der Waals surface area contributed by atoms with Crippen molar-refractivity contribution in [2.75, 3.05) is 19.4 Å². The molecule has 0 saturated heterocycles. The van der Waals surface area contributed by atoms with Crippen LogP contribution in [0, 0.1) is 5.92 Å². The zero-order valence-electron chi connectivity index (χ0n) is 11.3. The maximum Gasteiger partial charge on any atom is 0.254 e. The van der Waals surface area contributed by atoms with Gasteiger partial charge in [-0.2, -0.15) is 0 Å². The number of hydrogen-bond donors (Lipinski definition) is 1. The Hall–Kier alpha value is -1.71. The van der Waals surface area contributed by atoms with Crippen LogP contribution < -0.4 is 10.5 Å². The molecular weight excluding hydrogens is 240 g/mol. The number of nitrogen functional groups attached to an aromatic ring is 1. The van der Waals surface area contributed by atoms with Gasteiger partial charge in [0, 0.05) is 29.9 Å². The van der Waals surface area contributed by atoms with E-state index in [9.17, 15) is 4.79 Å². The number of nitrogens with zero attached hydrogens (tertiary/aromatic N) is 1. The molecule has 4 nitrogen and oxygen atoms in total. The molecule has 2 fully saturated rings. The summed E-state index contributed by atoms with van der Waals surface area (Å²) in [7, 11) is 1.59. The molecule has 19 heavy (non-hydrogen) atoms. The number of hydrogen-bond acceptors (Lipinski definition) is 3. The lowest BCUT2D eigenvalue weighted by molar-refractivity contribution is 0.0734. The van der Waals surface area contributed by atoms with E-state index in [2.05, 4.69) is 0 Å². The fraction of sp³-hybridized carbons (Fsp3) is 0.533. The molecule has 4 heteroatoms. The molecule has 102 valence electrons. The second-order valence-corrected chi connectivity index (χ2v) is 5.63. The lowest BCUT2D eigenvalue weighted by atomic mass is 10.1. The Morgan fingerprint density at radius 3 is 2.63 bits per heavy atom. The fourth-order valence-corrected chi connectivity index (χ4v) is 2.39. The first-order chi connectivity index (χ1) is 9.17. The third-order valence-electron chi connectivity index (χ3n) is 3.81. The minimum Gasteiger partial charge on any atom is -0.497 e. The molecule has 2 N–H and O–H groups in total. The molecule has 0 unspecified atom stereocenters. The molecule has 2 aliphatic carbocycles. The molecule has 2 aliphatic rings. The van der Waals surface area contributed by atoms with Crippen molar-refractivity contribution in [3.63, 3.8) is 0 Å². The zero-order chi connectivity index (χ0) is 13.4. The first-order valence-electron chi connectivity index (χ1n) is 6.93. The van der Waals surface area contributed by atoms with E-state index in [0.717, 1.165) is 19.4 Å². The van der Waals surface area contributed by atoms with Gasteiger partial charge in [-0.1, -0.05) is 0 Å². The number of carbonyl (C=O) groups is 1. The molecule has 1 aromatic rings. The van der Waals surface area contributed by atoms with E-state index in [1.54, 1.807) is 25.3 Å². The average molecular weight is 260 g/mol. The van der Waals surface area contributed by atoms with Crippen LogP contribution in [0.1, 0.15) is 36.0 Å². The quantitative estimate of drug-likeness (QED) is 0.826. The van der Waals surface area contributed by atoms with E-state index in [1.165, 1.54) is 12.8 Å². The normalized spacial score (nSPS) is 18.2. The Bertz CT molecular complexity index is 493. The van der Waals surface area contributed by atoms with E-state index in [4.69, 9.17) is 10.5 Å². The van der Waals surface area contributed by atoms with E-state index in [1.807, 2.05) is 4.90 Å². The number of methoxy groups -OCH3 is 1. The Kier molecular flexibility index (Phi) is 3.09. The van der Waals surface area contributed by atoms with Gasteiger partial charge in [0.1, 0.15) is 5.75 Å². The highest BCUT2D eigenvalue weighted by Crippen LogP contribution is 2.36. The van der Waals surface area contributed by atoms with Gasteiger partial charge in [-0.15, -0.1) is 0 Å². The van der Waals surface area contributed by atoms with Gasteiger partial charge in [0.25, 0.3) is 5.91 Å². The summed E-state index contributed by atoms with van der Waals surface area (Å²) < 4.78 is 5.18. The lowest BCUT2D eigenvalue weighted by Crippen LogP contribution is -2.35. The largest absolute Gasteiger partial charge is 0.497 e. The number of anilines is 1. The lowest BCUT2D eigenvalue weighted by Gasteiger charge is -2.22. The summed E-state index contributed by atoms with van der Waals surface area (Å²) >= 11 is 0. The third-order valence-corrected chi connectivity index (χ3v) is 3.81. The van der Waals surface area contributed by atoms with Crippen LogP contribution in [0.5, 0.6) is 5.75 Å². The summed E-state index contributed by atoms with van der Waals surface area (Å²) in [5.41, 5.74) is 7.04. The Morgan fingerprint density at radius 1 is 1.32 bits per heavy atom. The zero-order valence-corrected chi connectivity index (χ0v) is 11.3. The number of ether oxygens (including phenoxy) is 1. The Morgan fingerprint density at radius 2 is 2.05 bits per heavy atom. The van der Waals surface area contributed by atoms with Crippen molar-refractivity contribution in [3.05, 3.63) is 23.8 Å². The van der Waals surface area contributed by atoms with Crippen molar-refractivity contribution < 1.29 is 9.53 Å². The van der Waals surface area contributed by atoms with Crippen molar-refractivity contribution in [1.82, 2.24) is 4.90 Å². The van der Waals surface area contributed by atoms with Crippen LogP contribution in [0.3, 0.4) is 0 Å². The predicted octanol–water partition coefficient (Wildman–Crippen LogP) is 2.29. The molecule has 0 aromatic heterocycles. The standard InChI is InChI=1S/C15H20N2O2/c1-19-14-7-11(6-12(16)8-14)15(18)17(13-4-5-13)9-10-2-3-10/h6-8,10,13H,2-5,9,16H2,1H3. The summed E-state index contributed by atoms with van der Waals surface area (Å²) in [6.45, 7) is 0.903. The summed E-state index contributed by atoms with van der Waals surface area (Å²) in [6, 6.07) is 5.70. The van der Waals surface area contributed by atoms with Crippen LogP contribution in [0.25, 0.3) is 0 Å². The van der Waals surface area contributed by atoms with Gasteiger partial charge in [-0.25, -0.2) is 0 Å². The van der Waals surface area contributed by atoms with Crippen molar-refractivity contribution in [1.29, 1.82) is 0 Å². The summed E-state index contributed by atoms with van der Waals surface area (Å²) in [4.78, 5) is 14.7. The van der Waals surface area contributed by atoms with Crippen molar-refractivity contribution in [2.45, 2.75) is 31.7 Å². The van der Waals surface area contributed by atoms with Gasteiger partial charge in [-0.3, -0.25) is 4.79 Å². The molecule has 0 radical (unpaired) electrons. The first kappa shape index (κ1) is 12.3. The third kappa shape index (κ3) is 2.83. The molecular formula is C15H20N2O2. The first-order valence-corrected chi connectivity index (χ1v) is 6.93. The monoisotopic (exact) mass is 260 g/mol. The minimum absolute atomic E-state index is 0.0972. The highest BCUT2D eigenvalue weighted by Gasteiger charge is 2.36. The van der Waals surface area contributed by atoms with Crippen LogP contribution in [0.2, 0.25) is 0 Å². The second kappa shape index (κ2) is 4.76. The van der Waals surface area contributed by atoms with E-state index >= 15 is 0 Å². The van der Waals surface area contributed by atoms with Crippen LogP contribution >= 0.6 is 0 Å². The molecule has 1 amide bonds. The van der Waals surface area contributed by atoms with Crippen molar-refractivity contribution >= 4 is 11.6 Å². The highest BCUT2D eigenvalue weighted by atomic mass is 16.5. The number of nitrogens with two attached hydrogens (primary N) is 1. The van der Waals surface area contributed by atoms with Gasteiger partial charge in [-0.05, 0) is 43.7 Å². The molecule has 0 aliphatic heterocycles. The van der Waals surface area contributed by atoms with Crippen LogP contribution in [-0.4, -0.2) is 30.5 Å². The van der Waals surface area contributed by atoms with E-state index in [0.29, 0.717) is 29.0 Å². The average Bonchev–Trinajstić information content (AvgIpc) is 3.27. The van der Waals surface area contributed by atoms with Gasteiger partial charge < -0.3 is 15.4 Å². The maximum atomic E-state index is 12.6. The molecule has 0 bridgehead atoms. The molecule has 0 heterocycles. The van der Waals surface area contributed by atoms with Crippen LogP contribution in [0.15, 0.2) is 18.2 Å². The number of rotatable bonds is 5. The SMILES string of the molecule is COc1cc(N)cc(C(=O)N(CC2CC2)C2CC2)c1. The summed E-state index contributed by atoms with van der Waals surface area (Å²) in [5, 5.41) is 0.